The van der Waals surface area contributed by atoms with E-state index in [1.54, 1.807) is 12.4 Å². The molecule has 0 saturated carbocycles. The SMILES string of the molecule is CC(=O)O.O=[N+]([O-])c1ccc(S(=O)(=O)Nc2ccccc2-c2cc(C(F)(F)F)ccn2)cc1.[Pd].c1ccncc1. The van der Waals surface area contributed by atoms with Gasteiger partial charge in [-0.2, -0.15) is 13.2 Å². The van der Waals surface area contributed by atoms with Crippen LogP contribution in [0.25, 0.3) is 11.3 Å². The van der Waals surface area contributed by atoms with Crippen LogP contribution in [0.15, 0.2) is 102 Å². The fraction of sp³-hybridized carbons (Fsp3) is 0.0800. The maximum absolute atomic E-state index is 13.0. The molecule has 0 bridgehead atoms. The Morgan fingerprint density at radius 1 is 0.950 bits per heavy atom. The number of aliphatic carboxylic acids is 1. The molecule has 2 N–H and O–H groups in total. The molecule has 15 heteroatoms. The van der Waals surface area contributed by atoms with Crippen LogP contribution < -0.4 is 4.72 Å². The van der Waals surface area contributed by atoms with Crippen molar-refractivity contribution in [2.75, 3.05) is 4.72 Å². The van der Waals surface area contributed by atoms with Gasteiger partial charge in [-0.25, -0.2) is 8.42 Å². The first-order valence-electron chi connectivity index (χ1n) is 10.8. The minimum Gasteiger partial charge on any atom is -0.481 e. The normalized spacial score (nSPS) is 10.4. The number of nitro benzene ring substituents is 1. The Bertz CT molecular complexity index is 1480. The number of non-ortho nitro benzene ring substituents is 1. The molecule has 2 aromatic carbocycles. The van der Waals surface area contributed by atoms with Crippen molar-refractivity contribution in [1.82, 2.24) is 9.97 Å². The van der Waals surface area contributed by atoms with Crippen LogP contribution in [0, 0.1) is 10.1 Å². The monoisotopic (exact) mass is 668 g/mol. The minimum absolute atomic E-state index is 0. The van der Waals surface area contributed by atoms with Crippen LogP contribution >= 0.6 is 0 Å². The fourth-order valence-corrected chi connectivity index (χ4v) is 3.89. The Morgan fingerprint density at radius 2 is 1.52 bits per heavy atom. The molecule has 4 rings (SSSR count). The average molecular weight is 669 g/mol. The Labute approximate surface area is 240 Å². The maximum atomic E-state index is 13.0. The van der Waals surface area contributed by atoms with Crippen LogP contribution in [0.5, 0.6) is 0 Å². The van der Waals surface area contributed by atoms with Crippen LogP contribution in [0.3, 0.4) is 0 Å². The van der Waals surface area contributed by atoms with Crippen LogP contribution in [0.1, 0.15) is 12.5 Å². The summed E-state index contributed by atoms with van der Waals surface area (Å²) >= 11 is 0. The van der Waals surface area contributed by atoms with Crippen molar-refractivity contribution < 1.29 is 56.8 Å². The second-order valence-corrected chi connectivity index (χ2v) is 9.06. The molecule has 0 aliphatic rings. The third-order valence-corrected chi connectivity index (χ3v) is 5.84. The molecule has 0 atom stereocenters. The first-order valence-corrected chi connectivity index (χ1v) is 12.2. The van der Waals surface area contributed by atoms with Gasteiger partial charge in [-0.15, -0.1) is 0 Å². The number of carboxylic acid groups (broad SMARTS) is 1. The number of carbonyl (C=O) groups is 1. The van der Waals surface area contributed by atoms with Gasteiger partial charge in [-0.3, -0.25) is 29.6 Å². The van der Waals surface area contributed by atoms with E-state index in [4.69, 9.17) is 9.90 Å². The number of rotatable bonds is 5. The van der Waals surface area contributed by atoms with Gasteiger partial charge in [-0.1, -0.05) is 24.3 Å². The molecule has 40 heavy (non-hydrogen) atoms. The maximum Gasteiger partial charge on any atom is 0.416 e. The summed E-state index contributed by atoms with van der Waals surface area (Å²) < 4.78 is 66.4. The number of nitro groups is 1. The van der Waals surface area contributed by atoms with Gasteiger partial charge in [0.15, 0.2) is 0 Å². The van der Waals surface area contributed by atoms with Gasteiger partial charge in [0.1, 0.15) is 0 Å². The van der Waals surface area contributed by atoms with Gasteiger partial charge in [-0.05, 0) is 42.5 Å². The van der Waals surface area contributed by atoms with Gasteiger partial charge < -0.3 is 5.11 Å². The molecule has 0 spiro atoms. The summed E-state index contributed by atoms with van der Waals surface area (Å²) in [5.41, 5.74) is -1.11. The van der Waals surface area contributed by atoms with E-state index in [2.05, 4.69) is 14.7 Å². The molecule has 0 fully saturated rings. The van der Waals surface area contributed by atoms with Crippen LogP contribution in [-0.2, 0) is 41.4 Å². The molecule has 214 valence electrons. The zero-order valence-electron chi connectivity index (χ0n) is 20.4. The number of anilines is 1. The molecular formula is C25H21F3N4O6PdS. The summed E-state index contributed by atoms with van der Waals surface area (Å²) in [7, 11) is -4.15. The molecule has 0 saturated heterocycles. The number of hydrogen-bond acceptors (Lipinski definition) is 7. The Balaban J connectivity index is 0.000000616. The van der Waals surface area contributed by atoms with Crippen molar-refractivity contribution in [3.8, 4) is 11.3 Å². The first kappa shape index (κ1) is 33.8. The van der Waals surface area contributed by atoms with Crippen molar-refractivity contribution in [2.24, 2.45) is 0 Å². The Hall–Kier alpha value is -4.19. The van der Waals surface area contributed by atoms with Crippen molar-refractivity contribution in [2.45, 2.75) is 18.0 Å². The number of alkyl halides is 3. The largest absolute Gasteiger partial charge is 0.481 e. The first-order chi connectivity index (χ1) is 18.3. The second kappa shape index (κ2) is 15.4. The van der Waals surface area contributed by atoms with Gasteiger partial charge in [0.05, 0.1) is 26.8 Å². The number of para-hydroxylation sites is 1. The summed E-state index contributed by atoms with van der Waals surface area (Å²) in [6.45, 7) is 1.08. The minimum atomic E-state index is -4.58. The number of pyridine rings is 2. The second-order valence-electron chi connectivity index (χ2n) is 7.37. The molecular weight excluding hydrogens is 648 g/mol. The number of nitrogens with one attached hydrogen (secondary N) is 1. The van der Waals surface area contributed by atoms with E-state index in [-0.39, 0.29) is 48.0 Å². The molecule has 0 radical (unpaired) electrons. The molecule has 2 heterocycles. The number of benzene rings is 2. The summed E-state index contributed by atoms with van der Waals surface area (Å²) in [5, 5.41) is 18.1. The summed E-state index contributed by atoms with van der Waals surface area (Å²) in [4.78, 5) is 26.5. The van der Waals surface area contributed by atoms with Crippen molar-refractivity contribution in [1.29, 1.82) is 0 Å². The number of hydrogen-bond donors (Lipinski definition) is 2. The summed E-state index contributed by atoms with van der Waals surface area (Å²) in [5.74, 6) is -0.833. The van der Waals surface area contributed by atoms with Crippen LogP contribution in [0.2, 0.25) is 0 Å². The van der Waals surface area contributed by atoms with Gasteiger partial charge in [0.25, 0.3) is 21.7 Å². The standard InChI is InChI=1S/C18H12F3N3O4S.C5H5N.C2H4O2.Pd/c19-18(20,21)12-9-10-22-17(11-12)15-3-1-2-4-16(15)23-29(27,28)14-7-5-13(6-8-14)24(25)26;1-2-4-6-5-3-1;1-2(3)4;/h1-11,23H;1-5H;1H3,(H,3,4);. The van der Waals surface area contributed by atoms with Crippen molar-refractivity contribution in [3.63, 3.8) is 0 Å². The molecule has 0 unspecified atom stereocenters. The van der Waals surface area contributed by atoms with E-state index in [9.17, 15) is 31.7 Å². The molecule has 4 aromatic rings. The average Bonchev–Trinajstić information content (AvgIpc) is 2.89. The number of sulfonamides is 1. The predicted octanol–water partition coefficient (Wildman–Crippen LogP) is 5.65. The number of carboxylic acids is 1. The number of nitrogens with zero attached hydrogens (tertiary/aromatic N) is 3. The van der Waals surface area contributed by atoms with E-state index >= 15 is 0 Å². The molecule has 2 aromatic heterocycles. The Kier molecular flexibility index (Phi) is 13.0. The zero-order chi connectivity index (χ0) is 29.1. The van der Waals surface area contributed by atoms with Crippen LogP contribution in [-0.4, -0.2) is 34.4 Å². The topological polar surface area (TPSA) is 152 Å². The third-order valence-electron chi connectivity index (χ3n) is 4.46. The van der Waals surface area contributed by atoms with Gasteiger partial charge >= 0.3 is 6.18 Å². The van der Waals surface area contributed by atoms with E-state index < -0.39 is 32.7 Å². The fourth-order valence-electron chi connectivity index (χ4n) is 2.81. The molecule has 0 aliphatic carbocycles. The summed E-state index contributed by atoms with van der Waals surface area (Å²) in [6, 6.07) is 17.4. The van der Waals surface area contributed by atoms with Crippen molar-refractivity contribution in [3.05, 3.63) is 113 Å². The van der Waals surface area contributed by atoms with Gasteiger partial charge in [0.2, 0.25) is 0 Å². The molecule has 10 nitrogen and oxygen atoms in total. The van der Waals surface area contributed by atoms with E-state index in [1.807, 2.05) is 18.2 Å². The van der Waals surface area contributed by atoms with Crippen LogP contribution in [0.4, 0.5) is 24.5 Å². The Morgan fingerprint density at radius 3 is 2.00 bits per heavy atom. The van der Waals surface area contributed by atoms with Gasteiger partial charge in [0, 0.05) is 63.6 Å². The quantitative estimate of drug-likeness (QED) is 0.157. The van der Waals surface area contributed by atoms with Crippen molar-refractivity contribution >= 4 is 27.4 Å². The molecule has 0 aliphatic heterocycles. The summed E-state index contributed by atoms with van der Waals surface area (Å²) in [6.07, 6.45) is -0.0926. The predicted molar refractivity (Wildman–Crippen MR) is 136 cm³/mol. The number of aromatic nitrogens is 2. The van der Waals surface area contributed by atoms with E-state index in [0.717, 1.165) is 49.5 Å². The number of halogens is 3. The van der Waals surface area contributed by atoms with E-state index in [1.165, 1.54) is 24.3 Å². The zero-order valence-corrected chi connectivity index (χ0v) is 22.8. The van der Waals surface area contributed by atoms with E-state index in [0.29, 0.717) is 0 Å². The third kappa shape index (κ3) is 10.9. The smallest absolute Gasteiger partial charge is 0.416 e. The molecule has 0 amide bonds.